The maximum atomic E-state index is 12.0. The molecular weight excluding hydrogens is 312 g/mol. The predicted octanol–water partition coefficient (Wildman–Crippen LogP) is 4.15. The van der Waals surface area contributed by atoms with Crippen molar-refractivity contribution in [3.05, 3.63) is 65.7 Å². The number of carbonyl (C=O) groups is 1. The molecule has 2 aromatic carbocycles. The van der Waals surface area contributed by atoms with Gasteiger partial charge >= 0.3 is 5.97 Å². The summed E-state index contributed by atoms with van der Waals surface area (Å²) in [6.07, 6.45) is 0.736. The van der Waals surface area contributed by atoms with Gasteiger partial charge in [0, 0.05) is 20.5 Å². The van der Waals surface area contributed by atoms with Gasteiger partial charge in [-0.3, -0.25) is 4.79 Å². The number of hydrazone groups is 1. The van der Waals surface area contributed by atoms with Gasteiger partial charge in [-0.25, -0.2) is 0 Å². The van der Waals surface area contributed by atoms with Crippen LogP contribution in [0.25, 0.3) is 0 Å². The highest BCUT2D eigenvalue weighted by Gasteiger charge is 2.23. The van der Waals surface area contributed by atoms with Crippen LogP contribution in [0.5, 0.6) is 5.75 Å². The molecule has 0 unspecified atom stereocenters. The van der Waals surface area contributed by atoms with Crippen LogP contribution in [0.2, 0.25) is 0 Å². The van der Waals surface area contributed by atoms with E-state index in [2.05, 4.69) is 17.2 Å². The first-order chi connectivity index (χ1) is 11.8. The summed E-state index contributed by atoms with van der Waals surface area (Å²) in [5.74, 6) is 0.305. The number of ether oxygens (including phenoxy) is 1. The molecular formula is C21H26N2O2. The van der Waals surface area contributed by atoms with Crippen LogP contribution in [0.15, 0.2) is 59.7 Å². The van der Waals surface area contributed by atoms with Crippen molar-refractivity contribution in [2.24, 2.45) is 10.5 Å². The molecule has 0 atom stereocenters. The van der Waals surface area contributed by atoms with Crippen molar-refractivity contribution in [3.63, 3.8) is 0 Å². The first-order valence-electron chi connectivity index (χ1n) is 8.37. The number of nitrogens with zero attached hydrogens (tertiary/aromatic N) is 2. The second-order valence-corrected chi connectivity index (χ2v) is 7.22. The topological polar surface area (TPSA) is 41.9 Å². The van der Waals surface area contributed by atoms with Crippen LogP contribution in [0.1, 0.15) is 31.9 Å². The Morgan fingerprint density at radius 1 is 1.00 bits per heavy atom. The lowest BCUT2D eigenvalue weighted by Crippen LogP contribution is -2.25. The van der Waals surface area contributed by atoms with E-state index in [0.29, 0.717) is 5.75 Å². The molecule has 0 aliphatic rings. The molecule has 2 aromatic rings. The highest BCUT2D eigenvalue weighted by Crippen LogP contribution is 2.20. The van der Waals surface area contributed by atoms with Gasteiger partial charge in [0.05, 0.1) is 11.1 Å². The van der Waals surface area contributed by atoms with Crippen molar-refractivity contribution in [3.8, 4) is 5.75 Å². The molecule has 4 nitrogen and oxygen atoms in total. The maximum Gasteiger partial charge on any atom is 0.316 e. The molecule has 0 saturated carbocycles. The van der Waals surface area contributed by atoms with Gasteiger partial charge in [-0.05, 0) is 56.2 Å². The normalized spacial score (nSPS) is 12.0. The van der Waals surface area contributed by atoms with Crippen molar-refractivity contribution in [1.29, 1.82) is 0 Å². The molecule has 25 heavy (non-hydrogen) atoms. The van der Waals surface area contributed by atoms with Crippen molar-refractivity contribution in [2.45, 2.75) is 27.2 Å². The molecule has 0 saturated heterocycles. The quantitative estimate of drug-likeness (QED) is 0.356. The average molecular weight is 338 g/mol. The number of carbonyl (C=O) groups excluding carboxylic acids is 1. The molecule has 0 bridgehead atoms. The number of benzene rings is 2. The van der Waals surface area contributed by atoms with Crippen LogP contribution in [0.3, 0.4) is 0 Å². The Bertz CT molecular complexity index is 727. The van der Waals surface area contributed by atoms with E-state index in [9.17, 15) is 4.79 Å². The van der Waals surface area contributed by atoms with Crippen LogP contribution < -0.4 is 4.74 Å². The molecule has 132 valence electrons. The molecule has 0 radical (unpaired) electrons. The van der Waals surface area contributed by atoms with Crippen LogP contribution in [0.4, 0.5) is 0 Å². The molecule has 0 aromatic heterocycles. The second kappa shape index (κ2) is 7.97. The zero-order chi connectivity index (χ0) is 18.4. The second-order valence-electron chi connectivity index (χ2n) is 7.22. The predicted molar refractivity (Wildman–Crippen MR) is 102 cm³/mol. The van der Waals surface area contributed by atoms with Gasteiger partial charge in [0.25, 0.3) is 0 Å². The Hall–Kier alpha value is -2.62. The summed E-state index contributed by atoms with van der Waals surface area (Å²) in [6, 6.07) is 17.7. The lowest BCUT2D eigenvalue weighted by Gasteiger charge is -2.16. The number of hydrogen-bond acceptors (Lipinski definition) is 4. The minimum Gasteiger partial charge on any atom is -0.426 e. The highest BCUT2D eigenvalue weighted by molar-refractivity contribution is 6.01. The Morgan fingerprint density at radius 3 is 2.12 bits per heavy atom. The van der Waals surface area contributed by atoms with Crippen molar-refractivity contribution in [1.82, 2.24) is 5.01 Å². The lowest BCUT2D eigenvalue weighted by molar-refractivity contribution is -0.142. The minimum atomic E-state index is -0.524. The fourth-order valence-electron chi connectivity index (χ4n) is 2.20. The smallest absolute Gasteiger partial charge is 0.316 e. The van der Waals surface area contributed by atoms with E-state index in [0.717, 1.165) is 17.7 Å². The third-order valence-electron chi connectivity index (χ3n) is 3.55. The Labute approximate surface area is 150 Å². The first kappa shape index (κ1) is 18.7. The highest BCUT2D eigenvalue weighted by atomic mass is 16.5. The van der Waals surface area contributed by atoms with Crippen molar-refractivity contribution < 1.29 is 9.53 Å². The number of rotatable bonds is 5. The Morgan fingerprint density at radius 2 is 1.60 bits per heavy atom. The van der Waals surface area contributed by atoms with Gasteiger partial charge in [0.15, 0.2) is 0 Å². The molecule has 2 rings (SSSR count). The monoisotopic (exact) mass is 338 g/mol. The minimum absolute atomic E-state index is 0.244. The molecule has 0 spiro atoms. The Kier molecular flexibility index (Phi) is 5.97. The summed E-state index contributed by atoms with van der Waals surface area (Å²) in [4.78, 5) is 12.0. The molecule has 4 heteroatoms. The standard InChI is InChI=1S/C21H26N2O2/c1-21(2,3)20(24)25-18-13-11-17(12-14-18)19(22-23(4)5)15-16-9-7-6-8-10-16/h6-14H,15H2,1-5H3. The summed E-state index contributed by atoms with van der Waals surface area (Å²) in [5.41, 5.74) is 2.65. The zero-order valence-electron chi connectivity index (χ0n) is 15.6. The first-order valence-corrected chi connectivity index (χ1v) is 8.37. The molecule has 0 aliphatic heterocycles. The van der Waals surface area contributed by atoms with Crippen LogP contribution in [-0.2, 0) is 11.2 Å². The Balaban J connectivity index is 2.20. The molecule has 0 amide bonds. The van der Waals surface area contributed by atoms with E-state index in [1.165, 1.54) is 5.56 Å². The van der Waals surface area contributed by atoms with Crippen LogP contribution >= 0.6 is 0 Å². The fraction of sp³-hybridized carbons (Fsp3) is 0.333. The van der Waals surface area contributed by atoms with Crippen LogP contribution in [0, 0.1) is 5.41 Å². The third kappa shape index (κ3) is 5.75. The molecule has 0 aliphatic carbocycles. The van der Waals surface area contributed by atoms with Crippen molar-refractivity contribution in [2.75, 3.05) is 14.1 Å². The summed E-state index contributed by atoms with van der Waals surface area (Å²) in [5, 5.41) is 6.41. The van der Waals surface area contributed by atoms with E-state index in [-0.39, 0.29) is 5.97 Å². The fourth-order valence-corrected chi connectivity index (χ4v) is 2.20. The van der Waals surface area contributed by atoms with Gasteiger partial charge < -0.3 is 9.75 Å². The molecule has 0 N–H and O–H groups in total. The third-order valence-corrected chi connectivity index (χ3v) is 3.55. The number of esters is 1. The number of hydrogen-bond donors (Lipinski definition) is 0. The lowest BCUT2D eigenvalue weighted by atomic mass is 9.97. The zero-order valence-corrected chi connectivity index (χ0v) is 15.6. The summed E-state index contributed by atoms with van der Waals surface area (Å²) in [7, 11) is 3.81. The van der Waals surface area contributed by atoms with Gasteiger partial charge in [0.1, 0.15) is 5.75 Å². The van der Waals surface area contributed by atoms with E-state index < -0.39 is 5.41 Å². The van der Waals surface area contributed by atoms with E-state index in [4.69, 9.17) is 4.74 Å². The SMILES string of the molecule is CN(C)N=C(Cc1ccccc1)c1ccc(OC(=O)C(C)(C)C)cc1. The molecule has 0 fully saturated rings. The summed E-state index contributed by atoms with van der Waals surface area (Å²) < 4.78 is 5.42. The van der Waals surface area contributed by atoms with Gasteiger partial charge in [-0.15, -0.1) is 0 Å². The van der Waals surface area contributed by atoms with E-state index in [1.807, 2.05) is 77.3 Å². The van der Waals surface area contributed by atoms with Crippen molar-refractivity contribution >= 4 is 11.7 Å². The van der Waals surface area contributed by atoms with Gasteiger partial charge in [-0.1, -0.05) is 30.3 Å². The average Bonchev–Trinajstić information content (AvgIpc) is 2.54. The van der Waals surface area contributed by atoms with E-state index >= 15 is 0 Å². The van der Waals surface area contributed by atoms with E-state index in [1.54, 1.807) is 5.01 Å². The maximum absolute atomic E-state index is 12.0. The summed E-state index contributed by atoms with van der Waals surface area (Å²) >= 11 is 0. The van der Waals surface area contributed by atoms with Crippen LogP contribution in [-0.4, -0.2) is 30.8 Å². The molecule has 0 heterocycles. The largest absolute Gasteiger partial charge is 0.426 e. The van der Waals surface area contributed by atoms with Gasteiger partial charge in [0.2, 0.25) is 0 Å². The van der Waals surface area contributed by atoms with Gasteiger partial charge in [-0.2, -0.15) is 5.10 Å². The summed E-state index contributed by atoms with van der Waals surface area (Å²) in [6.45, 7) is 5.52.